The molecule has 2 aromatic heterocycles. The molecule has 0 spiro atoms. The molecule has 15 heavy (non-hydrogen) atoms. The lowest BCUT2D eigenvalue weighted by Crippen LogP contribution is -1.96. The summed E-state index contributed by atoms with van der Waals surface area (Å²) in [5, 5.41) is 2.03. The Morgan fingerprint density at radius 1 is 1.27 bits per heavy atom. The van der Waals surface area contributed by atoms with Crippen LogP contribution in [0, 0.1) is 6.92 Å². The van der Waals surface area contributed by atoms with Crippen LogP contribution in [0.3, 0.4) is 0 Å². The van der Waals surface area contributed by atoms with E-state index < -0.39 is 0 Å². The Labute approximate surface area is 96.6 Å². The summed E-state index contributed by atoms with van der Waals surface area (Å²) in [7, 11) is 0. The van der Waals surface area contributed by atoms with E-state index in [4.69, 9.17) is 4.74 Å². The summed E-state index contributed by atoms with van der Waals surface area (Å²) in [6, 6.07) is 2.02. The van der Waals surface area contributed by atoms with Gasteiger partial charge in [-0.1, -0.05) is 0 Å². The van der Waals surface area contributed by atoms with E-state index in [-0.39, 0.29) is 0 Å². The molecule has 78 valence electrons. The maximum absolute atomic E-state index is 5.44. The summed E-state index contributed by atoms with van der Waals surface area (Å²) in [6.45, 7) is 4.52. The number of hydrogen-bond acceptors (Lipinski definition) is 3. The summed E-state index contributed by atoms with van der Waals surface area (Å²) in [5.41, 5.74) is 0.983. The Hall–Kier alpha value is -1.16. The molecule has 0 radical (unpaired) electrons. The van der Waals surface area contributed by atoms with Gasteiger partial charge in [0, 0.05) is 27.9 Å². The normalized spacial score (nSPS) is 10.6. The minimum atomic E-state index is 0.609. The second-order valence-corrected chi connectivity index (χ2v) is 4.07. The van der Waals surface area contributed by atoms with E-state index in [9.17, 15) is 0 Å². The molecule has 3 nitrogen and oxygen atoms in total. The lowest BCUT2D eigenvalue weighted by Gasteiger charge is -2.07. The number of halogens is 1. The highest BCUT2D eigenvalue weighted by molar-refractivity contribution is 9.10. The fourth-order valence-corrected chi connectivity index (χ4v) is 1.86. The molecule has 0 bridgehead atoms. The second-order valence-electron chi connectivity index (χ2n) is 3.22. The quantitative estimate of drug-likeness (QED) is 0.838. The zero-order valence-corrected chi connectivity index (χ0v) is 10.2. The van der Waals surface area contributed by atoms with Gasteiger partial charge in [0.05, 0.1) is 12.0 Å². The van der Waals surface area contributed by atoms with Crippen molar-refractivity contribution in [3.05, 3.63) is 28.6 Å². The summed E-state index contributed by atoms with van der Waals surface area (Å²) in [4.78, 5) is 8.47. The minimum absolute atomic E-state index is 0.609. The Morgan fingerprint density at radius 3 is 2.80 bits per heavy atom. The Morgan fingerprint density at radius 2 is 2.07 bits per heavy atom. The lowest BCUT2D eigenvalue weighted by molar-refractivity contribution is 0.331. The topological polar surface area (TPSA) is 35.0 Å². The van der Waals surface area contributed by atoms with Crippen LogP contribution in [-0.4, -0.2) is 16.6 Å². The number of ether oxygens (including phenoxy) is 1. The summed E-state index contributed by atoms with van der Waals surface area (Å²) >= 11 is 3.47. The van der Waals surface area contributed by atoms with E-state index >= 15 is 0 Å². The number of hydrogen-bond donors (Lipinski definition) is 0. The molecule has 2 heterocycles. The molecule has 0 fully saturated rings. The van der Waals surface area contributed by atoms with Gasteiger partial charge in [0.15, 0.2) is 0 Å². The highest BCUT2D eigenvalue weighted by Gasteiger charge is 2.07. The van der Waals surface area contributed by atoms with Crippen molar-refractivity contribution in [2.24, 2.45) is 0 Å². The van der Waals surface area contributed by atoms with Crippen molar-refractivity contribution >= 4 is 26.7 Å². The summed E-state index contributed by atoms with van der Waals surface area (Å²) in [5.74, 6) is 0.642. The van der Waals surface area contributed by atoms with Gasteiger partial charge in [-0.25, -0.2) is 4.98 Å². The van der Waals surface area contributed by atoms with Crippen molar-refractivity contribution in [2.45, 2.75) is 13.8 Å². The van der Waals surface area contributed by atoms with Crippen molar-refractivity contribution in [2.75, 3.05) is 6.61 Å². The van der Waals surface area contributed by atoms with Crippen molar-refractivity contribution < 1.29 is 4.74 Å². The van der Waals surface area contributed by atoms with E-state index in [1.807, 2.05) is 19.9 Å². The maximum atomic E-state index is 5.44. The van der Waals surface area contributed by atoms with Crippen LogP contribution in [0.25, 0.3) is 10.8 Å². The number of rotatable bonds is 2. The Kier molecular flexibility index (Phi) is 2.86. The van der Waals surface area contributed by atoms with Crippen LogP contribution in [0.1, 0.15) is 12.6 Å². The van der Waals surface area contributed by atoms with E-state index in [0.717, 1.165) is 20.9 Å². The number of aromatic nitrogens is 2. The Balaban J connectivity index is 2.71. The fourth-order valence-electron chi connectivity index (χ4n) is 1.43. The standard InChI is InChI=1S/C11H11BrN2O/c1-3-15-11-9-5-13-7(2)4-8(9)10(12)6-14-11/h4-6H,3H2,1-2H3. The van der Waals surface area contributed by atoms with Crippen molar-refractivity contribution in [3.63, 3.8) is 0 Å². The predicted octanol–water partition coefficient (Wildman–Crippen LogP) is 3.10. The molecular formula is C11H11BrN2O. The summed E-state index contributed by atoms with van der Waals surface area (Å²) in [6.07, 6.45) is 3.56. The maximum Gasteiger partial charge on any atom is 0.222 e. The van der Waals surface area contributed by atoms with Gasteiger partial charge >= 0.3 is 0 Å². The molecule has 0 atom stereocenters. The Bertz CT molecular complexity index is 499. The molecule has 0 saturated carbocycles. The van der Waals surface area contributed by atoms with Crippen LogP contribution in [0.5, 0.6) is 5.88 Å². The lowest BCUT2D eigenvalue weighted by atomic mass is 10.2. The third-order valence-corrected chi connectivity index (χ3v) is 2.74. The molecule has 0 aliphatic carbocycles. The summed E-state index contributed by atoms with van der Waals surface area (Å²) < 4.78 is 6.41. The van der Waals surface area contributed by atoms with Gasteiger partial charge in [-0.3, -0.25) is 4.98 Å². The van der Waals surface area contributed by atoms with Gasteiger partial charge in [0.2, 0.25) is 5.88 Å². The van der Waals surface area contributed by atoms with Crippen molar-refractivity contribution in [1.82, 2.24) is 9.97 Å². The van der Waals surface area contributed by atoms with Crippen LogP contribution in [0.2, 0.25) is 0 Å². The van der Waals surface area contributed by atoms with Crippen LogP contribution < -0.4 is 4.74 Å². The predicted molar refractivity (Wildman–Crippen MR) is 63.1 cm³/mol. The third kappa shape index (κ3) is 1.95. The number of fused-ring (bicyclic) bond motifs is 1. The van der Waals surface area contributed by atoms with E-state index in [1.165, 1.54) is 0 Å². The average Bonchev–Trinajstić information content (AvgIpc) is 2.23. The van der Waals surface area contributed by atoms with Gasteiger partial charge in [-0.05, 0) is 35.8 Å². The highest BCUT2D eigenvalue weighted by Crippen LogP contribution is 2.29. The first-order valence-electron chi connectivity index (χ1n) is 4.76. The molecule has 0 amide bonds. The zero-order valence-electron chi connectivity index (χ0n) is 8.62. The first-order valence-corrected chi connectivity index (χ1v) is 5.55. The van der Waals surface area contributed by atoms with E-state index in [1.54, 1.807) is 12.4 Å². The SMILES string of the molecule is CCOc1ncc(Br)c2cc(C)ncc12. The van der Waals surface area contributed by atoms with Gasteiger partial charge in [0.1, 0.15) is 0 Å². The van der Waals surface area contributed by atoms with E-state index in [0.29, 0.717) is 12.5 Å². The highest BCUT2D eigenvalue weighted by atomic mass is 79.9. The molecule has 0 unspecified atom stereocenters. The van der Waals surface area contributed by atoms with Crippen LogP contribution in [0.15, 0.2) is 22.9 Å². The molecule has 0 saturated heterocycles. The molecule has 4 heteroatoms. The van der Waals surface area contributed by atoms with Gasteiger partial charge in [-0.15, -0.1) is 0 Å². The average molecular weight is 267 g/mol. The molecular weight excluding hydrogens is 256 g/mol. The molecule has 2 rings (SSSR count). The van der Waals surface area contributed by atoms with Crippen molar-refractivity contribution in [1.29, 1.82) is 0 Å². The molecule has 2 aromatic rings. The third-order valence-electron chi connectivity index (χ3n) is 2.10. The molecule has 0 aliphatic rings. The van der Waals surface area contributed by atoms with Crippen LogP contribution in [0.4, 0.5) is 0 Å². The van der Waals surface area contributed by atoms with Gasteiger partial charge in [0.25, 0.3) is 0 Å². The van der Waals surface area contributed by atoms with Crippen LogP contribution >= 0.6 is 15.9 Å². The number of nitrogens with zero attached hydrogens (tertiary/aromatic N) is 2. The molecule has 0 aliphatic heterocycles. The van der Waals surface area contributed by atoms with Gasteiger partial charge < -0.3 is 4.74 Å². The second kappa shape index (κ2) is 4.14. The fraction of sp³-hybridized carbons (Fsp3) is 0.273. The zero-order chi connectivity index (χ0) is 10.8. The molecule has 0 aromatic carbocycles. The van der Waals surface area contributed by atoms with E-state index in [2.05, 4.69) is 25.9 Å². The van der Waals surface area contributed by atoms with Gasteiger partial charge in [-0.2, -0.15) is 0 Å². The largest absolute Gasteiger partial charge is 0.477 e. The monoisotopic (exact) mass is 266 g/mol. The molecule has 0 N–H and O–H groups in total. The first-order chi connectivity index (χ1) is 7.22. The first kappa shape index (κ1) is 10.4. The minimum Gasteiger partial charge on any atom is -0.477 e. The number of aryl methyl sites for hydroxylation is 1. The smallest absolute Gasteiger partial charge is 0.222 e. The van der Waals surface area contributed by atoms with Crippen molar-refractivity contribution in [3.8, 4) is 5.88 Å². The van der Waals surface area contributed by atoms with Crippen LogP contribution in [-0.2, 0) is 0 Å². The number of pyridine rings is 2.